The first-order valence-corrected chi connectivity index (χ1v) is 5.23. The van der Waals surface area contributed by atoms with E-state index in [9.17, 15) is 22.0 Å². The number of rotatable bonds is 4. The molecule has 0 aliphatic rings. The van der Waals surface area contributed by atoms with Crippen molar-refractivity contribution in [2.45, 2.75) is 19.9 Å². The molecule has 0 aromatic heterocycles. The van der Waals surface area contributed by atoms with Gasteiger partial charge in [0.1, 0.15) is 0 Å². The van der Waals surface area contributed by atoms with Crippen LogP contribution < -0.4 is 5.32 Å². The predicted octanol–water partition coefficient (Wildman–Crippen LogP) is 3.61. The first-order valence-electron chi connectivity index (χ1n) is 5.23. The Bertz CT molecular complexity index is 455. The normalized spacial score (nSPS) is 12.6. The fourth-order valence-electron chi connectivity index (χ4n) is 1.60. The van der Waals surface area contributed by atoms with Crippen molar-refractivity contribution in [1.29, 1.82) is 0 Å². The Balaban J connectivity index is 3.52. The molecular formula is C12H12F5N. The Morgan fingerprint density at radius 1 is 1.00 bits per heavy atom. The highest BCUT2D eigenvalue weighted by molar-refractivity contribution is 5.31. The summed E-state index contributed by atoms with van der Waals surface area (Å²) in [7, 11) is 0. The Morgan fingerprint density at radius 2 is 1.39 bits per heavy atom. The highest BCUT2D eigenvalue weighted by atomic mass is 19.2. The van der Waals surface area contributed by atoms with Crippen LogP contribution in [0.25, 0.3) is 0 Å². The van der Waals surface area contributed by atoms with Crippen molar-refractivity contribution in [3.63, 3.8) is 0 Å². The summed E-state index contributed by atoms with van der Waals surface area (Å²) < 4.78 is 66.0. The molecule has 1 nitrogen and oxygen atoms in total. The molecule has 0 aliphatic heterocycles. The molecule has 6 heteroatoms. The highest BCUT2D eigenvalue weighted by Gasteiger charge is 2.30. The van der Waals surface area contributed by atoms with Gasteiger partial charge in [0.25, 0.3) is 0 Å². The van der Waals surface area contributed by atoms with Crippen LogP contribution in [0.4, 0.5) is 22.0 Å². The van der Waals surface area contributed by atoms with Gasteiger partial charge in [-0.3, -0.25) is 0 Å². The summed E-state index contributed by atoms with van der Waals surface area (Å²) >= 11 is 0. The molecule has 0 saturated carbocycles. The summed E-state index contributed by atoms with van der Waals surface area (Å²) in [5.74, 6) is -9.73. The Kier molecular flexibility index (Phi) is 4.45. The van der Waals surface area contributed by atoms with Gasteiger partial charge in [-0.2, -0.15) is 0 Å². The van der Waals surface area contributed by atoms with E-state index < -0.39 is 40.7 Å². The average molecular weight is 265 g/mol. The zero-order valence-electron chi connectivity index (χ0n) is 9.88. The largest absolute Gasteiger partial charge is 0.307 e. The highest BCUT2D eigenvalue weighted by Crippen LogP contribution is 2.30. The van der Waals surface area contributed by atoms with E-state index in [4.69, 9.17) is 0 Å². The molecule has 0 radical (unpaired) electrons. The molecule has 1 atom stereocenters. The molecule has 0 amide bonds. The number of hydrogen-bond acceptors (Lipinski definition) is 1. The van der Waals surface area contributed by atoms with Gasteiger partial charge in [-0.1, -0.05) is 19.1 Å². The van der Waals surface area contributed by atoms with Gasteiger partial charge in [0, 0.05) is 0 Å². The zero-order valence-corrected chi connectivity index (χ0v) is 9.88. The minimum Gasteiger partial charge on any atom is -0.307 e. The predicted molar refractivity (Wildman–Crippen MR) is 57.5 cm³/mol. The van der Waals surface area contributed by atoms with Crippen LogP contribution in [-0.4, -0.2) is 6.54 Å². The van der Waals surface area contributed by atoms with Crippen LogP contribution in [-0.2, 0) is 0 Å². The number of benzene rings is 1. The molecule has 1 N–H and O–H groups in total. The van der Waals surface area contributed by atoms with Crippen molar-refractivity contribution in [3.8, 4) is 0 Å². The second-order valence-electron chi connectivity index (χ2n) is 3.82. The van der Waals surface area contributed by atoms with Gasteiger partial charge in [-0.15, -0.1) is 0 Å². The summed E-state index contributed by atoms with van der Waals surface area (Å²) in [6, 6.07) is -1.13. The molecule has 18 heavy (non-hydrogen) atoms. The summed E-state index contributed by atoms with van der Waals surface area (Å²) in [4.78, 5) is 0. The summed E-state index contributed by atoms with van der Waals surface area (Å²) in [5.41, 5.74) is -0.652. The fourth-order valence-corrected chi connectivity index (χ4v) is 1.60. The van der Waals surface area contributed by atoms with Gasteiger partial charge in [0.15, 0.2) is 23.3 Å². The number of likely N-dealkylation sites (N-methyl/N-ethyl adjacent to an activating group) is 1. The number of nitrogens with one attached hydrogen (secondary N) is 1. The lowest BCUT2D eigenvalue weighted by molar-refractivity contribution is 0.362. The van der Waals surface area contributed by atoms with Crippen LogP contribution in [0.15, 0.2) is 12.2 Å². The van der Waals surface area contributed by atoms with E-state index in [-0.39, 0.29) is 12.1 Å². The third-order valence-electron chi connectivity index (χ3n) is 2.43. The lowest BCUT2D eigenvalue weighted by atomic mass is 9.99. The van der Waals surface area contributed by atoms with Gasteiger partial charge in [-0.25, -0.2) is 22.0 Å². The SMILES string of the molecule is C=C(C)C(NCC)c1c(F)c(F)c(F)c(F)c1F. The zero-order chi connectivity index (χ0) is 14.0. The minimum absolute atomic E-state index is 0.250. The Hall–Kier alpha value is -1.43. The van der Waals surface area contributed by atoms with Crippen LogP contribution in [0.5, 0.6) is 0 Å². The number of hydrogen-bond donors (Lipinski definition) is 1. The molecular weight excluding hydrogens is 253 g/mol. The van der Waals surface area contributed by atoms with E-state index >= 15 is 0 Å². The summed E-state index contributed by atoms with van der Waals surface area (Å²) in [6.07, 6.45) is 0. The van der Waals surface area contributed by atoms with E-state index in [1.54, 1.807) is 6.92 Å². The molecule has 0 aliphatic carbocycles. The van der Waals surface area contributed by atoms with Crippen molar-refractivity contribution in [2.75, 3.05) is 6.54 Å². The molecule has 0 heterocycles. The molecule has 0 spiro atoms. The third kappa shape index (κ3) is 2.38. The minimum atomic E-state index is -2.16. The van der Waals surface area contributed by atoms with Gasteiger partial charge in [0.2, 0.25) is 5.82 Å². The van der Waals surface area contributed by atoms with Crippen LogP contribution in [0.3, 0.4) is 0 Å². The molecule has 1 aromatic carbocycles. The first kappa shape index (κ1) is 14.6. The van der Waals surface area contributed by atoms with Gasteiger partial charge in [0.05, 0.1) is 11.6 Å². The molecule has 1 rings (SSSR count). The summed E-state index contributed by atoms with van der Waals surface area (Å²) in [6.45, 7) is 6.85. The molecule has 0 bridgehead atoms. The van der Waals surface area contributed by atoms with Crippen molar-refractivity contribution in [3.05, 3.63) is 46.8 Å². The van der Waals surface area contributed by atoms with Gasteiger partial charge < -0.3 is 5.32 Å². The maximum atomic E-state index is 13.5. The van der Waals surface area contributed by atoms with Crippen LogP contribution in [0.2, 0.25) is 0 Å². The van der Waals surface area contributed by atoms with E-state index in [0.29, 0.717) is 0 Å². The van der Waals surface area contributed by atoms with Crippen LogP contribution >= 0.6 is 0 Å². The van der Waals surface area contributed by atoms with Crippen molar-refractivity contribution >= 4 is 0 Å². The van der Waals surface area contributed by atoms with E-state index in [1.165, 1.54) is 6.92 Å². The van der Waals surface area contributed by atoms with Crippen molar-refractivity contribution in [2.24, 2.45) is 0 Å². The number of halogens is 5. The topological polar surface area (TPSA) is 12.0 Å². The third-order valence-corrected chi connectivity index (χ3v) is 2.43. The smallest absolute Gasteiger partial charge is 0.200 e. The molecule has 1 unspecified atom stereocenters. The van der Waals surface area contributed by atoms with E-state index in [1.807, 2.05) is 0 Å². The van der Waals surface area contributed by atoms with Crippen LogP contribution in [0.1, 0.15) is 25.5 Å². The molecule has 0 saturated heterocycles. The van der Waals surface area contributed by atoms with Crippen molar-refractivity contribution in [1.82, 2.24) is 5.32 Å². The van der Waals surface area contributed by atoms with Gasteiger partial charge >= 0.3 is 0 Å². The van der Waals surface area contributed by atoms with Gasteiger partial charge in [-0.05, 0) is 13.5 Å². The lowest BCUT2D eigenvalue weighted by Gasteiger charge is -2.20. The monoisotopic (exact) mass is 265 g/mol. The van der Waals surface area contributed by atoms with E-state index in [2.05, 4.69) is 11.9 Å². The van der Waals surface area contributed by atoms with Crippen molar-refractivity contribution < 1.29 is 22.0 Å². The van der Waals surface area contributed by atoms with E-state index in [0.717, 1.165) is 0 Å². The summed E-state index contributed by atoms with van der Waals surface area (Å²) in [5, 5.41) is 2.62. The fraction of sp³-hybridized carbons (Fsp3) is 0.333. The molecule has 100 valence electrons. The first-order chi connectivity index (χ1) is 8.32. The average Bonchev–Trinajstić information content (AvgIpc) is 2.33. The quantitative estimate of drug-likeness (QED) is 0.379. The molecule has 0 fully saturated rings. The maximum Gasteiger partial charge on any atom is 0.200 e. The standard InChI is InChI=1S/C12H12F5N/c1-4-18-12(5(2)3)6-7(13)9(15)11(17)10(16)8(6)14/h12,18H,2,4H2,1,3H3. The Morgan fingerprint density at radius 3 is 1.72 bits per heavy atom. The Labute approximate surface area is 101 Å². The second-order valence-corrected chi connectivity index (χ2v) is 3.82. The second kappa shape index (κ2) is 5.48. The van der Waals surface area contributed by atoms with Crippen LogP contribution in [0, 0.1) is 29.1 Å². The maximum absolute atomic E-state index is 13.5. The molecule has 1 aromatic rings. The lowest BCUT2D eigenvalue weighted by Crippen LogP contribution is -2.25.